The van der Waals surface area contributed by atoms with Gasteiger partial charge >= 0.3 is 0 Å². The molecule has 3 aromatic rings. The number of nitrogens with one attached hydrogen (secondary N) is 2. The second kappa shape index (κ2) is 9.95. The van der Waals surface area contributed by atoms with E-state index in [0.717, 1.165) is 11.1 Å². The molecule has 1 atom stereocenters. The maximum Gasteiger partial charge on any atom is 0.261 e. The van der Waals surface area contributed by atoms with E-state index in [1.165, 1.54) is 0 Å². The zero-order chi connectivity index (χ0) is 24.2. The number of benzene rings is 3. The zero-order valence-electron chi connectivity index (χ0n) is 19.3. The molecule has 0 unspecified atom stereocenters. The van der Waals surface area contributed by atoms with Crippen molar-refractivity contribution in [2.24, 2.45) is 0 Å². The van der Waals surface area contributed by atoms with Crippen molar-refractivity contribution in [2.45, 2.75) is 31.7 Å². The molecule has 0 heterocycles. The third-order valence-corrected chi connectivity index (χ3v) is 6.70. The summed E-state index contributed by atoms with van der Waals surface area (Å²) in [7, 11) is -0.603. The minimum atomic E-state index is -3.73. The highest BCUT2D eigenvalue weighted by Gasteiger charge is 2.18. The Morgan fingerprint density at radius 1 is 0.879 bits per heavy atom. The van der Waals surface area contributed by atoms with Crippen molar-refractivity contribution < 1.29 is 22.7 Å². The summed E-state index contributed by atoms with van der Waals surface area (Å²) in [6.07, 6.45) is 0. The topological polar surface area (TPSA) is 93.7 Å². The lowest BCUT2D eigenvalue weighted by atomic mass is 10.1. The summed E-state index contributed by atoms with van der Waals surface area (Å²) in [6.45, 7) is 5.52. The first-order valence-corrected chi connectivity index (χ1v) is 11.9. The Morgan fingerprint density at radius 2 is 1.55 bits per heavy atom. The van der Waals surface area contributed by atoms with Crippen LogP contribution in [-0.4, -0.2) is 28.5 Å². The predicted octanol–water partition coefficient (Wildman–Crippen LogP) is 4.61. The van der Waals surface area contributed by atoms with Crippen LogP contribution in [0.5, 0.6) is 11.5 Å². The Kier molecular flexibility index (Phi) is 7.28. The second-order valence-corrected chi connectivity index (χ2v) is 9.44. The fourth-order valence-electron chi connectivity index (χ4n) is 3.33. The van der Waals surface area contributed by atoms with Gasteiger partial charge in [-0.3, -0.25) is 9.52 Å². The Balaban J connectivity index is 1.74. The van der Waals surface area contributed by atoms with Gasteiger partial charge < -0.3 is 14.8 Å². The van der Waals surface area contributed by atoms with Crippen LogP contribution in [-0.2, 0) is 10.0 Å². The molecule has 0 aromatic heterocycles. The van der Waals surface area contributed by atoms with Gasteiger partial charge in [0.05, 0.1) is 30.8 Å². The van der Waals surface area contributed by atoms with Crippen LogP contribution in [0.25, 0.3) is 0 Å². The average Bonchev–Trinajstić information content (AvgIpc) is 2.79. The number of rotatable bonds is 8. The first kappa shape index (κ1) is 24.1. The number of aryl methyl sites for hydroxylation is 2. The molecule has 3 rings (SSSR count). The van der Waals surface area contributed by atoms with Gasteiger partial charge in [0.2, 0.25) is 0 Å². The number of methoxy groups -OCH3 is 2. The van der Waals surface area contributed by atoms with E-state index in [0.29, 0.717) is 28.3 Å². The van der Waals surface area contributed by atoms with E-state index >= 15 is 0 Å². The third-order valence-electron chi connectivity index (χ3n) is 5.32. The van der Waals surface area contributed by atoms with E-state index in [1.54, 1.807) is 69.7 Å². The number of carbonyl (C=O) groups is 1. The largest absolute Gasteiger partial charge is 0.493 e. The minimum absolute atomic E-state index is 0.179. The standard InChI is InChI=1S/C25H28N2O5S/c1-16-6-10-21(11-7-16)33(29,30)27-22-12-8-20(14-17(22)2)25(28)26-18(3)19-9-13-23(31-4)24(15-19)32-5/h6-15,18,27H,1-5H3,(H,26,28)/t18-/m0/s1. The lowest BCUT2D eigenvalue weighted by molar-refractivity contribution is 0.0939. The van der Waals surface area contributed by atoms with Gasteiger partial charge in [0, 0.05) is 5.56 Å². The highest BCUT2D eigenvalue weighted by molar-refractivity contribution is 7.92. The predicted molar refractivity (Wildman–Crippen MR) is 129 cm³/mol. The normalized spacial score (nSPS) is 12.0. The fourth-order valence-corrected chi connectivity index (χ4v) is 4.46. The van der Waals surface area contributed by atoms with Gasteiger partial charge in [-0.15, -0.1) is 0 Å². The third kappa shape index (κ3) is 5.64. The van der Waals surface area contributed by atoms with Crippen LogP contribution in [0.1, 0.15) is 40.0 Å². The molecule has 1 amide bonds. The molecule has 0 fully saturated rings. The Morgan fingerprint density at radius 3 is 2.15 bits per heavy atom. The van der Waals surface area contributed by atoms with Crippen molar-refractivity contribution in [3.8, 4) is 11.5 Å². The van der Waals surface area contributed by atoms with Crippen LogP contribution in [0.2, 0.25) is 0 Å². The summed E-state index contributed by atoms with van der Waals surface area (Å²) in [6, 6.07) is 16.6. The molecule has 0 radical (unpaired) electrons. The van der Waals surface area contributed by atoms with Gasteiger partial charge in [0.1, 0.15) is 0 Å². The molecular weight excluding hydrogens is 440 g/mol. The Hall–Kier alpha value is -3.52. The van der Waals surface area contributed by atoms with Crippen LogP contribution in [0, 0.1) is 13.8 Å². The van der Waals surface area contributed by atoms with Gasteiger partial charge in [0.15, 0.2) is 11.5 Å². The second-order valence-electron chi connectivity index (χ2n) is 7.76. The van der Waals surface area contributed by atoms with Crippen molar-refractivity contribution in [1.29, 1.82) is 0 Å². The Labute approximate surface area is 194 Å². The van der Waals surface area contributed by atoms with Gasteiger partial charge in [-0.05, 0) is 74.4 Å². The van der Waals surface area contributed by atoms with E-state index in [2.05, 4.69) is 10.0 Å². The van der Waals surface area contributed by atoms with Crippen molar-refractivity contribution in [3.05, 3.63) is 82.9 Å². The molecule has 7 nitrogen and oxygen atoms in total. The van der Waals surface area contributed by atoms with Crippen molar-refractivity contribution in [3.63, 3.8) is 0 Å². The summed E-state index contributed by atoms with van der Waals surface area (Å²) < 4.78 is 38.5. The van der Waals surface area contributed by atoms with Gasteiger partial charge in [-0.25, -0.2) is 8.42 Å². The van der Waals surface area contributed by atoms with Gasteiger partial charge in [-0.1, -0.05) is 23.8 Å². The first-order valence-electron chi connectivity index (χ1n) is 10.4. The van der Waals surface area contributed by atoms with Crippen molar-refractivity contribution >= 4 is 21.6 Å². The maximum atomic E-state index is 12.8. The number of sulfonamides is 1. The van der Waals surface area contributed by atoms with Gasteiger partial charge in [0.25, 0.3) is 15.9 Å². The lowest BCUT2D eigenvalue weighted by Crippen LogP contribution is -2.26. The lowest BCUT2D eigenvalue weighted by Gasteiger charge is -2.17. The van der Waals surface area contributed by atoms with Crippen LogP contribution >= 0.6 is 0 Å². The summed E-state index contributed by atoms with van der Waals surface area (Å²) in [5.41, 5.74) is 3.32. The first-order chi connectivity index (χ1) is 15.6. The number of anilines is 1. The molecule has 0 saturated heterocycles. The molecular formula is C25H28N2O5S. The van der Waals surface area contributed by atoms with Crippen LogP contribution < -0.4 is 19.5 Å². The van der Waals surface area contributed by atoms with E-state index in [-0.39, 0.29) is 16.8 Å². The summed E-state index contributed by atoms with van der Waals surface area (Å²) >= 11 is 0. The molecule has 0 aliphatic carbocycles. The number of amides is 1. The number of hydrogen-bond acceptors (Lipinski definition) is 5. The summed E-state index contributed by atoms with van der Waals surface area (Å²) in [5.74, 6) is 0.921. The smallest absolute Gasteiger partial charge is 0.261 e. The molecule has 33 heavy (non-hydrogen) atoms. The molecule has 3 aromatic carbocycles. The molecule has 0 bridgehead atoms. The van der Waals surface area contributed by atoms with E-state index < -0.39 is 10.0 Å². The molecule has 2 N–H and O–H groups in total. The summed E-state index contributed by atoms with van der Waals surface area (Å²) in [4.78, 5) is 13.0. The zero-order valence-corrected chi connectivity index (χ0v) is 20.1. The molecule has 0 spiro atoms. The van der Waals surface area contributed by atoms with Crippen LogP contribution in [0.4, 0.5) is 5.69 Å². The van der Waals surface area contributed by atoms with E-state index in [1.807, 2.05) is 26.0 Å². The SMILES string of the molecule is COc1ccc([C@H](C)NC(=O)c2ccc(NS(=O)(=O)c3ccc(C)cc3)c(C)c2)cc1OC. The van der Waals surface area contributed by atoms with Gasteiger partial charge in [-0.2, -0.15) is 0 Å². The molecule has 174 valence electrons. The monoisotopic (exact) mass is 468 g/mol. The average molecular weight is 469 g/mol. The van der Waals surface area contributed by atoms with Crippen LogP contribution in [0.15, 0.2) is 65.6 Å². The van der Waals surface area contributed by atoms with Crippen LogP contribution in [0.3, 0.4) is 0 Å². The quantitative estimate of drug-likeness (QED) is 0.503. The molecule has 0 aliphatic heterocycles. The van der Waals surface area contributed by atoms with Crippen molar-refractivity contribution in [2.75, 3.05) is 18.9 Å². The van der Waals surface area contributed by atoms with E-state index in [9.17, 15) is 13.2 Å². The maximum absolute atomic E-state index is 12.8. The fraction of sp³-hybridized carbons (Fsp3) is 0.240. The molecule has 8 heteroatoms. The highest BCUT2D eigenvalue weighted by atomic mass is 32.2. The summed E-state index contributed by atoms with van der Waals surface area (Å²) in [5, 5.41) is 2.95. The number of ether oxygens (including phenoxy) is 2. The van der Waals surface area contributed by atoms with E-state index in [4.69, 9.17) is 9.47 Å². The number of hydrogen-bond donors (Lipinski definition) is 2. The highest BCUT2D eigenvalue weighted by Crippen LogP contribution is 2.30. The molecule has 0 aliphatic rings. The minimum Gasteiger partial charge on any atom is -0.493 e. The van der Waals surface area contributed by atoms with Crippen molar-refractivity contribution in [1.82, 2.24) is 5.32 Å². The molecule has 0 saturated carbocycles. The number of carbonyl (C=O) groups excluding carboxylic acids is 1. The Bertz CT molecular complexity index is 1250.